The first kappa shape index (κ1) is 23.8. The van der Waals surface area contributed by atoms with E-state index >= 15 is 0 Å². The Morgan fingerprint density at radius 3 is 1.76 bits per heavy atom. The van der Waals surface area contributed by atoms with Crippen LogP contribution in [0.4, 0.5) is 0 Å². The summed E-state index contributed by atoms with van der Waals surface area (Å²) in [5.74, 6) is 0. The van der Waals surface area contributed by atoms with Crippen LogP contribution in [0.1, 0.15) is 22.3 Å². The monoisotopic (exact) mass is 471 g/mol. The SMILES string of the molecule is O=S(=O)(c1ccc(CNCCc2ccncc2)cc1)N(Cc1ccccc1)Cc1ccccc1. The van der Waals surface area contributed by atoms with E-state index in [0.29, 0.717) is 24.5 Å². The molecule has 0 saturated carbocycles. The zero-order valence-electron chi connectivity index (χ0n) is 19.0. The number of hydrogen-bond donors (Lipinski definition) is 1. The maximum Gasteiger partial charge on any atom is 0.243 e. The minimum atomic E-state index is -3.67. The van der Waals surface area contributed by atoms with Gasteiger partial charge >= 0.3 is 0 Å². The third-order valence-electron chi connectivity index (χ3n) is 5.63. The average Bonchev–Trinajstić information content (AvgIpc) is 2.88. The van der Waals surface area contributed by atoms with Gasteiger partial charge in [0.15, 0.2) is 0 Å². The predicted molar refractivity (Wildman–Crippen MR) is 135 cm³/mol. The Morgan fingerprint density at radius 2 is 1.21 bits per heavy atom. The molecule has 5 nitrogen and oxygen atoms in total. The van der Waals surface area contributed by atoms with Crippen molar-refractivity contribution in [2.24, 2.45) is 0 Å². The molecule has 0 bridgehead atoms. The lowest BCUT2D eigenvalue weighted by Gasteiger charge is -2.23. The van der Waals surface area contributed by atoms with Crippen LogP contribution in [0.15, 0.2) is 114 Å². The molecule has 0 fully saturated rings. The molecule has 6 heteroatoms. The number of aromatic nitrogens is 1. The Morgan fingerprint density at radius 1 is 0.647 bits per heavy atom. The Balaban J connectivity index is 1.43. The molecule has 174 valence electrons. The third kappa shape index (κ3) is 6.60. The lowest BCUT2D eigenvalue weighted by atomic mass is 10.2. The summed E-state index contributed by atoms with van der Waals surface area (Å²) in [6.45, 7) is 2.15. The lowest BCUT2D eigenvalue weighted by molar-refractivity contribution is 0.401. The molecule has 0 aliphatic carbocycles. The van der Waals surface area contributed by atoms with E-state index in [1.807, 2.05) is 84.9 Å². The molecular weight excluding hydrogens is 442 g/mol. The molecule has 0 atom stereocenters. The Kier molecular flexibility index (Phi) is 8.20. The molecule has 0 radical (unpaired) electrons. The van der Waals surface area contributed by atoms with E-state index in [1.54, 1.807) is 28.8 Å². The molecule has 34 heavy (non-hydrogen) atoms. The van der Waals surface area contributed by atoms with E-state index in [4.69, 9.17) is 0 Å². The van der Waals surface area contributed by atoms with Crippen LogP contribution < -0.4 is 5.32 Å². The second-order valence-corrected chi connectivity index (χ2v) is 10.1. The van der Waals surface area contributed by atoms with E-state index < -0.39 is 10.0 Å². The molecule has 1 aromatic heterocycles. The number of rotatable bonds is 11. The zero-order valence-corrected chi connectivity index (χ0v) is 19.9. The smallest absolute Gasteiger partial charge is 0.243 e. The number of hydrogen-bond acceptors (Lipinski definition) is 4. The fraction of sp³-hybridized carbons (Fsp3) is 0.179. The van der Waals surface area contributed by atoms with E-state index in [9.17, 15) is 8.42 Å². The number of pyridine rings is 1. The van der Waals surface area contributed by atoms with Gasteiger partial charge in [-0.05, 0) is 59.5 Å². The third-order valence-corrected chi connectivity index (χ3v) is 7.44. The van der Waals surface area contributed by atoms with Crippen LogP contribution in [-0.4, -0.2) is 24.3 Å². The van der Waals surface area contributed by atoms with Gasteiger partial charge in [0.1, 0.15) is 0 Å². The molecule has 0 spiro atoms. The Hall–Kier alpha value is -3.32. The second-order valence-electron chi connectivity index (χ2n) is 8.17. The van der Waals surface area contributed by atoms with Gasteiger partial charge in [0.25, 0.3) is 0 Å². The van der Waals surface area contributed by atoms with Crippen molar-refractivity contribution in [3.63, 3.8) is 0 Å². The van der Waals surface area contributed by atoms with Gasteiger partial charge < -0.3 is 5.32 Å². The molecule has 0 amide bonds. The summed E-state index contributed by atoms with van der Waals surface area (Å²) in [5, 5.41) is 3.42. The summed E-state index contributed by atoms with van der Waals surface area (Å²) >= 11 is 0. The number of nitrogens with one attached hydrogen (secondary N) is 1. The van der Waals surface area contributed by atoms with Gasteiger partial charge in [0.2, 0.25) is 10.0 Å². The van der Waals surface area contributed by atoms with Crippen molar-refractivity contribution in [1.29, 1.82) is 0 Å². The molecule has 1 heterocycles. The van der Waals surface area contributed by atoms with E-state index in [2.05, 4.69) is 10.3 Å². The Labute approximate surface area is 202 Å². The normalized spacial score (nSPS) is 11.6. The van der Waals surface area contributed by atoms with Crippen molar-refractivity contribution in [3.8, 4) is 0 Å². The van der Waals surface area contributed by atoms with Crippen LogP contribution in [0.3, 0.4) is 0 Å². The van der Waals surface area contributed by atoms with Gasteiger partial charge in [-0.3, -0.25) is 4.98 Å². The van der Waals surface area contributed by atoms with Crippen molar-refractivity contribution in [1.82, 2.24) is 14.6 Å². The summed E-state index contributed by atoms with van der Waals surface area (Å²) in [6, 6.07) is 30.6. The van der Waals surface area contributed by atoms with E-state index in [1.165, 1.54) is 5.56 Å². The summed E-state index contributed by atoms with van der Waals surface area (Å²) in [4.78, 5) is 4.34. The van der Waals surface area contributed by atoms with Gasteiger partial charge in [-0.2, -0.15) is 4.31 Å². The second kappa shape index (κ2) is 11.7. The van der Waals surface area contributed by atoms with Crippen molar-refractivity contribution < 1.29 is 8.42 Å². The minimum absolute atomic E-state index is 0.305. The highest BCUT2D eigenvalue weighted by atomic mass is 32.2. The van der Waals surface area contributed by atoms with Crippen LogP contribution in [-0.2, 0) is 36.1 Å². The molecule has 4 aromatic rings. The topological polar surface area (TPSA) is 62.3 Å². The van der Waals surface area contributed by atoms with Gasteiger partial charge in [0, 0.05) is 32.0 Å². The van der Waals surface area contributed by atoms with Crippen molar-refractivity contribution in [3.05, 3.63) is 132 Å². The van der Waals surface area contributed by atoms with E-state index in [0.717, 1.165) is 29.7 Å². The lowest BCUT2D eigenvalue weighted by Crippen LogP contribution is -2.30. The van der Waals surface area contributed by atoms with Gasteiger partial charge in [0.05, 0.1) is 4.90 Å². The standard InChI is InChI=1S/C28H29N3O2S/c32-34(33,31(22-26-7-3-1-4-8-26)23-27-9-5-2-6-10-27)28-13-11-25(12-14-28)21-30-20-17-24-15-18-29-19-16-24/h1-16,18-19,30H,17,20-23H2. The fourth-order valence-corrected chi connectivity index (χ4v) is 5.16. The molecule has 0 aliphatic rings. The highest BCUT2D eigenvalue weighted by molar-refractivity contribution is 7.89. The predicted octanol–water partition coefficient (Wildman–Crippen LogP) is 4.81. The van der Waals surface area contributed by atoms with Crippen molar-refractivity contribution >= 4 is 10.0 Å². The van der Waals surface area contributed by atoms with Crippen molar-refractivity contribution in [2.45, 2.75) is 31.0 Å². The van der Waals surface area contributed by atoms with E-state index in [-0.39, 0.29) is 0 Å². The minimum Gasteiger partial charge on any atom is -0.312 e. The van der Waals surface area contributed by atoms with Gasteiger partial charge in [-0.25, -0.2) is 8.42 Å². The molecule has 0 unspecified atom stereocenters. The van der Waals surface area contributed by atoms with Crippen LogP contribution >= 0.6 is 0 Å². The number of nitrogens with zero attached hydrogens (tertiary/aromatic N) is 2. The molecule has 0 saturated heterocycles. The van der Waals surface area contributed by atoms with Crippen LogP contribution in [0.25, 0.3) is 0 Å². The molecule has 0 aliphatic heterocycles. The zero-order chi connectivity index (χ0) is 23.6. The molecular formula is C28H29N3O2S. The molecule has 4 rings (SSSR count). The Bertz CT molecular complexity index is 1210. The summed E-state index contributed by atoms with van der Waals surface area (Å²) in [5.41, 5.74) is 4.20. The summed E-state index contributed by atoms with van der Waals surface area (Å²) in [7, 11) is -3.67. The summed E-state index contributed by atoms with van der Waals surface area (Å²) < 4.78 is 28.7. The summed E-state index contributed by atoms with van der Waals surface area (Å²) in [6.07, 6.45) is 4.52. The largest absolute Gasteiger partial charge is 0.312 e. The van der Waals surface area contributed by atoms with Crippen LogP contribution in [0.2, 0.25) is 0 Å². The van der Waals surface area contributed by atoms with Crippen LogP contribution in [0.5, 0.6) is 0 Å². The first-order valence-corrected chi connectivity index (χ1v) is 12.8. The van der Waals surface area contributed by atoms with Crippen LogP contribution in [0, 0.1) is 0 Å². The van der Waals surface area contributed by atoms with Gasteiger partial charge in [-0.15, -0.1) is 0 Å². The van der Waals surface area contributed by atoms with Crippen molar-refractivity contribution in [2.75, 3.05) is 6.54 Å². The average molecular weight is 472 g/mol. The molecule has 1 N–H and O–H groups in total. The fourth-order valence-electron chi connectivity index (χ4n) is 3.74. The highest BCUT2D eigenvalue weighted by Gasteiger charge is 2.25. The first-order valence-electron chi connectivity index (χ1n) is 11.4. The maximum atomic E-state index is 13.6. The number of sulfonamides is 1. The number of benzene rings is 3. The van der Waals surface area contributed by atoms with Gasteiger partial charge in [-0.1, -0.05) is 72.8 Å². The first-order chi connectivity index (χ1) is 16.6. The quantitative estimate of drug-likeness (QED) is 0.319. The maximum absolute atomic E-state index is 13.6. The molecule has 3 aromatic carbocycles. The highest BCUT2D eigenvalue weighted by Crippen LogP contribution is 2.22.